The van der Waals surface area contributed by atoms with Crippen LogP contribution in [0.4, 0.5) is 0 Å². The molecule has 1 amide bonds. The van der Waals surface area contributed by atoms with Gasteiger partial charge in [0.2, 0.25) is 0 Å². The topological polar surface area (TPSA) is 57.8 Å². The van der Waals surface area contributed by atoms with E-state index in [-0.39, 0.29) is 5.91 Å². The van der Waals surface area contributed by atoms with Crippen molar-refractivity contribution in [2.45, 2.75) is 13.0 Å². The normalized spacial score (nSPS) is 12.1. The molecule has 1 aromatic heterocycles. The van der Waals surface area contributed by atoms with Gasteiger partial charge in [-0.3, -0.25) is 4.79 Å². The SMILES string of the molecule is CC(C#N)NC(=O)c1cccc2c1ccn2C. The quantitative estimate of drug-likeness (QED) is 0.850. The molecule has 1 N–H and O–H groups in total. The second kappa shape index (κ2) is 4.30. The number of aromatic nitrogens is 1. The third-order valence-electron chi connectivity index (χ3n) is 2.71. The van der Waals surface area contributed by atoms with Crippen LogP contribution in [-0.2, 0) is 7.05 Å². The maximum atomic E-state index is 12.0. The van der Waals surface area contributed by atoms with Crippen LogP contribution in [0.1, 0.15) is 17.3 Å². The van der Waals surface area contributed by atoms with Crippen LogP contribution in [0.25, 0.3) is 10.9 Å². The van der Waals surface area contributed by atoms with Gasteiger partial charge < -0.3 is 9.88 Å². The maximum Gasteiger partial charge on any atom is 0.252 e. The number of nitrogens with zero attached hydrogens (tertiary/aromatic N) is 2. The van der Waals surface area contributed by atoms with E-state index in [0.717, 1.165) is 10.9 Å². The summed E-state index contributed by atoms with van der Waals surface area (Å²) in [4.78, 5) is 12.0. The zero-order valence-electron chi connectivity index (χ0n) is 9.77. The number of benzene rings is 1. The van der Waals surface area contributed by atoms with E-state index in [1.54, 1.807) is 13.0 Å². The fourth-order valence-corrected chi connectivity index (χ4v) is 1.81. The Morgan fingerprint density at radius 2 is 2.24 bits per heavy atom. The van der Waals surface area contributed by atoms with Crippen molar-refractivity contribution >= 4 is 16.8 Å². The predicted octanol–water partition coefficient (Wildman–Crippen LogP) is 1.82. The van der Waals surface area contributed by atoms with Crippen molar-refractivity contribution in [1.82, 2.24) is 9.88 Å². The smallest absolute Gasteiger partial charge is 0.252 e. The molecule has 17 heavy (non-hydrogen) atoms. The van der Waals surface area contributed by atoms with E-state index < -0.39 is 6.04 Å². The number of rotatable bonds is 2. The van der Waals surface area contributed by atoms with E-state index in [4.69, 9.17) is 5.26 Å². The van der Waals surface area contributed by atoms with E-state index in [1.165, 1.54) is 0 Å². The lowest BCUT2D eigenvalue weighted by Gasteiger charge is -2.07. The highest BCUT2D eigenvalue weighted by Gasteiger charge is 2.13. The van der Waals surface area contributed by atoms with Gasteiger partial charge in [-0.25, -0.2) is 0 Å². The van der Waals surface area contributed by atoms with Gasteiger partial charge in [0.1, 0.15) is 6.04 Å². The molecular weight excluding hydrogens is 214 g/mol. The monoisotopic (exact) mass is 227 g/mol. The minimum Gasteiger partial charge on any atom is -0.351 e. The Bertz CT molecular complexity index is 607. The van der Waals surface area contributed by atoms with Crippen LogP contribution in [-0.4, -0.2) is 16.5 Å². The predicted molar refractivity (Wildman–Crippen MR) is 65.5 cm³/mol. The van der Waals surface area contributed by atoms with Crippen molar-refractivity contribution in [2.24, 2.45) is 7.05 Å². The molecule has 1 unspecified atom stereocenters. The molecule has 0 aliphatic carbocycles. The molecule has 0 spiro atoms. The number of hydrogen-bond acceptors (Lipinski definition) is 2. The van der Waals surface area contributed by atoms with Crippen molar-refractivity contribution in [1.29, 1.82) is 5.26 Å². The molecule has 4 nitrogen and oxygen atoms in total. The van der Waals surface area contributed by atoms with Gasteiger partial charge in [0, 0.05) is 29.7 Å². The largest absolute Gasteiger partial charge is 0.351 e. The minimum atomic E-state index is -0.485. The molecular formula is C13H13N3O. The first kappa shape index (κ1) is 11.2. The molecule has 0 fully saturated rings. The van der Waals surface area contributed by atoms with Crippen molar-refractivity contribution in [2.75, 3.05) is 0 Å². The molecule has 0 saturated heterocycles. The number of fused-ring (bicyclic) bond motifs is 1. The molecule has 1 aromatic carbocycles. The standard InChI is InChI=1S/C13H13N3O/c1-9(8-14)15-13(17)11-4-3-5-12-10(11)6-7-16(12)2/h3-7,9H,1-2H3,(H,15,17). The van der Waals surface area contributed by atoms with Gasteiger partial charge in [-0.1, -0.05) is 6.07 Å². The van der Waals surface area contributed by atoms with Crippen LogP contribution in [0, 0.1) is 11.3 Å². The Balaban J connectivity index is 2.42. The molecule has 0 aliphatic rings. The first-order chi connectivity index (χ1) is 8.13. The fourth-order valence-electron chi connectivity index (χ4n) is 1.81. The van der Waals surface area contributed by atoms with Crippen LogP contribution >= 0.6 is 0 Å². The van der Waals surface area contributed by atoms with Crippen LogP contribution in [0.5, 0.6) is 0 Å². The van der Waals surface area contributed by atoms with Crippen molar-refractivity contribution in [3.63, 3.8) is 0 Å². The van der Waals surface area contributed by atoms with Gasteiger partial charge in [-0.2, -0.15) is 5.26 Å². The first-order valence-corrected chi connectivity index (χ1v) is 5.38. The zero-order chi connectivity index (χ0) is 12.4. The number of amides is 1. The van der Waals surface area contributed by atoms with Gasteiger partial charge >= 0.3 is 0 Å². The zero-order valence-corrected chi connectivity index (χ0v) is 9.77. The number of hydrogen-bond donors (Lipinski definition) is 1. The minimum absolute atomic E-state index is 0.212. The third-order valence-corrected chi connectivity index (χ3v) is 2.71. The Kier molecular flexibility index (Phi) is 2.84. The van der Waals surface area contributed by atoms with Crippen molar-refractivity contribution < 1.29 is 4.79 Å². The number of aryl methyl sites for hydroxylation is 1. The van der Waals surface area contributed by atoms with Crippen LogP contribution in [0.2, 0.25) is 0 Å². The lowest BCUT2D eigenvalue weighted by Crippen LogP contribution is -2.31. The Hall–Kier alpha value is -2.28. The molecule has 1 atom stereocenters. The van der Waals surface area contributed by atoms with E-state index in [0.29, 0.717) is 5.56 Å². The third kappa shape index (κ3) is 2.00. The molecule has 0 bridgehead atoms. The molecule has 1 heterocycles. The van der Waals surface area contributed by atoms with E-state index in [2.05, 4.69) is 5.32 Å². The van der Waals surface area contributed by atoms with Crippen LogP contribution < -0.4 is 5.32 Å². The number of carbonyl (C=O) groups is 1. The summed E-state index contributed by atoms with van der Waals surface area (Å²) < 4.78 is 1.96. The number of nitrogens with one attached hydrogen (secondary N) is 1. The highest BCUT2D eigenvalue weighted by molar-refractivity contribution is 6.06. The Morgan fingerprint density at radius 1 is 1.47 bits per heavy atom. The van der Waals surface area contributed by atoms with E-state index in [1.807, 2.05) is 42.1 Å². The van der Waals surface area contributed by atoms with Gasteiger partial charge in [-0.05, 0) is 25.1 Å². The van der Waals surface area contributed by atoms with Crippen LogP contribution in [0.15, 0.2) is 30.5 Å². The molecule has 4 heteroatoms. The van der Waals surface area contributed by atoms with Gasteiger partial charge in [-0.15, -0.1) is 0 Å². The molecule has 2 aromatic rings. The second-order valence-electron chi connectivity index (χ2n) is 3.99. The summed E-state index contributed by atoms with van der Waals surface area (Å²) in [6, 6.07) is 8.97. The summed E-state index contributed by atoms with van der Waals surface area (Å²) in [6.07, 6.45) is 1.91. The summed E-state index contributed by atoms with van der Waals surface area (Å²) in [5.74, 6) is -0.212. The van der Waals surface area contributed by atoms with Crippen LogP contribution in [0.3, 0.4) is 0 Å². The molecule has 86 valence electrons. The summed E-state index contributed by atoms with van der Waals surface area (Å²) in [5, 5.41) is 12.2. The fraction of sp³-hybridized carbons (Fsp3) is 0.231. The Labute approximate surface area is 99.5 Å². The van der Waals surface area contributed by atoms with Gasteiger partial charge in [0.05, 0.1) is 6.07 Å². The molecule has 0 radical (unpaired) electrons. The lowest BCUT2D eigenvalue weighted by molar-refractivity contribution is 0.0949. The van der Waals surface area contributed by atoms with Gasteiger partial charge in [0.15, 0.2) is 0 Å². The highest BCUT2D eigenvalue weighted by Crippen LogP contribution is 2.19. The van der Waals surface area contributed by atoms with E-state index >= 15 is 0 Å². The van der Waals surface area contributed by atoms with Gasteiger partial charge in [0.25, 0.3) is 5.91 Å². The highest BCUT2D eigenvalue weighted by atomic mass is 16.1. The summed E-state index contributed by atoms with van der Waals surface area (Å²) in [5.41, 5.74) is 1.60. The lowest BCUT2D eigenvalue weighted by atomic mass is 10.1. The van der Waals surface area contributed by atoms with E-state index in [9.17, 15) is 4.79 Å². The number of nitriles is 1. The average molecular weight is 227 g/mol. The van der Waals surface area contributed by atoms with Crippen molar-refractivity contribution in [3.8, 4) is 6.07 Å². The first-order valence-electron chi connectivity index (χ1n) is 5.38. The molecule has 0 saturated carbocycles. The molecule has 2 rings (SSSR count). The Morgan fingerprint density at radius 3 is 2.94 bits per heavy atom. The summed E-state index contributed by atoms with van der Waals surface area (Å²) in [7, 11) is 1.93. The number of carbonyl (C=O) groups excluding carboxylic acids is 1. The second-order valence-corrected chi connectivity index (χ2v) is 3.99. The molecule has 0 aliphatic heterocycles. The summed E-state index contributed by atoms with van der Waals surface area (Å²) >= 11 is 0. The summed E-state index contributed by atoms with van der Waals surface area (Å²) in [6.45, 7) is 1.66. The maximum absolute atomic E-state index is 12.0. The average Bonchev–Trinajstić information content (AvgIpc) is 2.71. The van der Waals surface area contributed by atoms with Crippen molar-refractivity contribution in [3.05, 3.63) is 36.0 Å².